The number of likely N-dealkylation sites (tertiary alicyclic amines) is 1. The van der Waals surface area contributed by atoms with E-state index in [1.807, 2.05) is 4.72 Å². The van der Waals surface area contributed by atoms with E-state index >= 15 is 0 Å². The molecule has 2 aromatic rings. The van der Waals surface area contributed by atoms with Crippen molar-refractivity contribution >= 4 is 39.1 Å². The Morgan fingerprint density at radius 2 is 1.89 bits per heavy atom. The number of nitriles is 1. The second-order valence-electron chi connectivity index (χ2n) is 9.73. The monoisotopic (exact) mass is 567 g/mol. The fourth-order valence-corrected chi connectivity index (χ4v) is 5.64. The number of carbonyl (C=O) groups is 1. The third kappa shape index (κ3) is 7.35. The summed E-state index contributed by atoms with van der Waals surface area (Å²) >= 11 is 12.3. The van der Waals surface area contributed by atoms with E-state index in [4.69, 9.17) is 27.9 Å². The minimum Gasteiger partial charge on any atom is -0.493 e. The number of benzene rings is 2. The van der Waals surface area contributed by atoms with Crippen molar-refractivity contribution in [2.24, 2.45) is 5.92 Å². The number of sulfonamides is 1. The topological polar surface area (TPSA) is 99.5 Å². The first kappa shape index (κ1) is 27.6. The van der Waals surface area contributed by atoms with E-state index < -0.39 is 21.7 Å². The van der Waals surface area contributed by atoms with Gasteiger partial charge in [-0.1, -0.05) is 23.2 Å². The lowest BCUT2D eigenvalue weighted by Gasteiger charge is -2.32. The van der Waals surface area contributed by atoms with Crippen molar-refractivity contribution in [2.45, 2.75) is 38.0 Å². The summed E-state index contributed by atoms with van der Waals surface area (Å²) in [5.74, 6) is -0.897. The maximum Gasteiger partial charge on any atom is 0.267 e. The highest BCUT2D eigenvalue weighted by Crippen LogP contribution is 2.45. The molecule has 1 aliphatic heterocycles. The predicted molar refractivity (Wildman–Crippen MR) is 140 cm³/mol. The Morgan fingerprint density at radius 3 is 2.51 bits per heavy atom. The standard InChI is InChI=1S/C26H28Cl2FN3O4S/c1-37(34,35)31-26(33)21-12-20(17-2-3-17)25(13-24(21)29)36-15-16-4-7-32(8-5-16)9-6-18-10-19(27)11-23(28)22(18)14-30/h10-13,16-17H,2-9,15H2,1H3,(H,31,33). The molecule has 1 saturated heterocycles. The zero-order valence-corrected chi connectivity index (χ0v) is 22.7. The zero-order valence-electron chi connectivity index (χ0n) is 20.4. The van der Waals surface area contributed by atoms with Crippen molar-refractivity contribution in [3.05, 3.63) is 62.4 Å². The van der Waals surface area contributed by atoms with Crippen molar-refractivity contribution in [3.8, 4) is 11.8 Å². The number of carbonyl (C=O) groups excluding carboxylic acids is 1. The molecule has 4 rings (SSSR count). The number of nitrogens with one attached hydrogen (secondary N) is 1. The van der Waals surface area contributed by atoms with Crippen LogP contribution in [-0.2, 0) is 16.4 Å². The van der Waals surface area contributed by atoms with Gasteiger partial charge in [0.2, 0.25) is 10.0 Å². The van der Waals surface area contributed by atoms with E-state index in [9.17, 15) is 22.9 Å². The van der Waals surface area contributed by atoms with Gasteiger partial charge in [-0.2, -0.15) is 5.26 Å². The first-order chi connectivity index (χ1) is 17.5. The van der Waals surface area contributed by atoms with Crippen LogP contribution in [0, 0.1) is 23.1 Å². The van der Waals surface area contributed by atoms with Gasteiger partial charge in [-0.25, -0.2) is 17.5 Å². The molecule has 1 heterocycles. The first-order valence-electron chi connectivity index (χ1n) is 12.1. The van der Waals surface area contributed by atoms with Crippen molar-refractivity contribution in [3.63, 3.8) is 0 Å². The van der Waals surface area contributed by atoms with Crippen LogP contribution >= 0.6 is 23.2 Å². The number of ether oxygens (including phenoxy) is 1. The highest BCUT2D eigenvalue weighted by atomic mass is 35.5. The molecule has 1 amide bonds. The van der Waals surface area contributed by atoms with Gasteiger partial charge in [-0.15, -0.1) is 0 Å². The van der Waals surface area contributed by atoms with Gasteiger partial charge in [0, 0.05) is 17.6 Å². The summed E-state index contributed by atoms with van der Waals surface area (Å²) < 4.78 is 45.3. The summed E-state index contributed by atoms with van der Waals surface area (Å²) in [7, 11) is -3.80. The van der Waals surface area contributed by atoms with Crippen LogP contribution in [0.4, 0.5) is 4.39 Å². The van der Waals surface area contributed by atoms with E-state index in [1.165, 1.54) is 12.1 Å². The predicted octanol–water partition coefficient (Wildman–Crippen LogP) is 4.90. The SMILES string of the molecule is CS(=O)(=O)NC(=O)c1cc(C2CC2)c(OCC2CCN(CCc3cc(Cl)cc(Cl)c3C#N)CC2)cc1F. The molecule has 1 saturated carbocycles. The van der Waals surface area contributed by atoms with Gasteiger partial charge in [0.25, 0.3) is 5.91 Å². The Hall–Kier alpha value is -2.38. The second kappa shape index (κ2) is 11.6. The smallest absolute Gasteiger partial charge is 0.267 e. The van der Waals surface area contributed by atoms with Crippen LogP contribution in [0.25, 0.3) is 0 Å². The summed E-state index contributed by atoms with van der Waals surface area (Å²) in [5, 5.41) is 10.3. The van der Waals surface area contributed by atoms with Gasteiger partial charge in [0.1, 0.15) is 17.6 Å². The Kier molecular flexibility index (Phi) is 8.64. The van der Waals surface area contributed by atoms with Crippen molar-refractivity contribution in [1.29, 1.82) is 5.26 Å². The lowest BCUT2D eigenvalue weighted by molar-refractivity contribution is 0.0977. The quantitative estimate of drug-likeness (QED) is 0.462. The number of rotatable bonds is 9. The molecule has 0 aromatic heterocycles. The van der Waals surface area contributed by atoms with Gasteiger partial charge >= 0.3 is 0 Å². The number of nitrogens with zero attached hydrogens (tertiary/aromatic N) is 2. The van der Waals surface area contributed by atoms with Crippen LogP contribution < -0.4 is 9.46 Å². The molecule has 7 nitrogen and oxygen atoms in total. The Labute approximate surface area is 226 Å². The number of hydrogen-bond acceptors (Lipinski definition) is 6. The number of amides is 1. The molecule has 2 fully saturated rings. The molecule has 2 aliphatic rings. The van der Waals surface area contributed by atoms with Crippen molar-refractivity contribution in [1.82, 2.24) is 9.62 Å². The number of halogens is 3. The molecule has 0 atom stereocenters. The minimum absolute atomic E-state index is 0.181. The van der Waals surface area contributed by atoms with Crippen LogP contribution in [0.5, 0.6) is 5.75 Å². The van der Waals surface area contributed by atoms with Gasteiger partial charge in [0.15, 0.2) is 0 Å². The molecule has 0 bridgehead atoms. The summed E-state index contributed by atoms with van der Waals surface area (Å²) in [4.78, 5) is 14.6. The number of piperidine rings is 1. The van der Waals surface area contributed by atoms with E-state index in [2.05, 4.69) is 11.0 Å². The summed E-state index contributed by atoms with van der Waals surface area (Å²) in [6, 6.07) is 8.14. The molecular weight excluding hydrogens is 540 g/mol. The maximum absolute atomic E-state index is 14.7. The first-order valence-corrected chi connectivity index (χ1v) is 14.8. The molecule has 0 spiro atoms. The molecule has 0 unspecified atom stereocenters. The highest BCUT2D eigenvalue weighted by molar-refractivity contribution is 7.89. The second-order valence-corrected chi connectivity index (χ2v) is 12.3. The maximum atomic E-state index is 14.7. The van der Waals surface area contributed by atoms with Gasteiger partial charge in [-0.3, -0.25) is 4.79 Å². The van der Waals surface area contributed by atoms with Crippen LogP contribution in [0.1, 0.15) is 58.6 Å². The fourth-order valence-electron chi connectivity index (χ4n) is 4.62. The van der Waals surface area contributed by atoms with Crippen LogP contribution in [0.3, 0.4) is 0 Å². The van der Waals surface area contributed by atoms with E-state index in [-0.39, 0.29) is 11.5 Å². The van der Waals surface area contributed by atoms with Crippen LogP contribution in [-0.4, -0.2) is 51.7 Å². The van der Waals surface area contributed by atoms with Crippen molar-refractivity contribution in [2.75, 3.05) is 32.5 Å². The lowest BCUT2D eigenvalue weighted by atomic mass is 9.97. The summed E-state index contributed by atoms with van der Waals surface area (Å²) in [6.07, 6.45) is 5.18. The molecule has 0 radical (unpaired) electrons. The van der Waals surface area contributed by atoms with Crippen molar-refractivity contribution < 1.29 is 22.3 Å². The molecule has 1 N–H and O–H groups in total. The van der Waals surface area contributed by atoms with Crippen LogP contribution in [0.15, 0.2) is 24.3 Å². The highest BCUT2D eigenvalue weighted by Gasteiger charge is 2.30. The van der Waals surface area contributed by atoms with Gasteiger partial charge < -0.3 is 9.64 Å². The molecule has 11 heteroatoms. The fraction of sp³-hybridized carbons (Fsp3) is 0.462. The molecule has 2 aromatic carbocycles. The average molecular weight is 568 g/mol. The number of hydrogen-bond donors (Lipinski definition) is 1. The zero-order chi connectivity index (χ0) is 26.7. The van der Waals surface area contributed by atoms with E-state index in [0.29, 0.717) is 40.3 Å². The average Bonchev–Trinajstić information content (AvgIpc) is 3.66. The van der Waals surface area contributed by atoms with E-state index in [0.717, 1.165) is 62.7 Å². The lowest BCUT2D eigenvalue weighted by Crippen LogP contribution is -2.36. The van der Waals surface area contributed by atoms with Crippen LogP contribution in [0.2, 0.25) is 10.0 Å². The Balaban J connectivity index is 1.32. The van der Waals surface area contributed by atoms with Gasteiger partial charge in [-0.05, 0) is 86.4 Å². The Bertz CT molecular complexity index is 1330. The third-order valence-corrected chi connectivity index (χ3v) is 7.84. The molecule has 1 aliphatic carbocycles. The molecular formula is C26H28Cl2FN3O4S. The normalized spacial score (nSPS) is 16.8. The van der Waals surface area contributed by atoms with E-state index in [1.54, 1.807) is 12.1 Å². The third-order valence-electron chi connectivity index (χ3n) is 6.77. The van der Waals surface area contributed by atoms with Gasteiger partial charge in [0.05, 0.1) is 29.0 Å². The summed E-state index contributed by atoms with van der Waals surface area (Å²) in [6.45, 7) is 2.97. The minimum atomic E-state index is -3.80. The summed E-state index contributed by atoms with van der Waals surface area (Å²) in [5.41, 5.74) is 1.75. The Morgan fingerprint density at radius 1 is 1.19 bits per heavy atom. The molecule has 198 valence electrons. The largest absolute Gasteiger partial charge is 0.493 e. The molecule has 37 heavy (non-hydrogen) atoms.